The second-order valence-corrected chi connectivity index (χ2v) is 6.66. The third kappa shape index (κ3) is 4.57. The smallest absolute Gasteiger partial charge is 0.258 e. The van der Waals surface area contributed by atoms with E-state index < -0.39 is 23.7 Å². The monoisotopic (exact) mass is 408 g/mol. The van der Waals surface area contributed by atoms with Crippen molar-refractivity contribution in [3.05, 3.63) is 95.3 Å². The standard InChI is InChI=1S/C23H21FN2O4/c1-30-18-9-4-6-15(12-18)14-26(23(29)19-10-2-3-11-20(19)27)21(22(25)28)16-7-5-8-17(24)13-16/h2-13,21,27H,14H2,1H3,(H2,25,28). The van der Waals surface area contributed by atoms with Crippen LogP contribution in [0.5, 0.6) is 11.5 Å². The van der Waals surface area contributed by atoms with Crippen LogP contribution in [0, 0.1) is 5.82 Å². The zero-order chi connectivity index (χ0) is 21.7. The highest BCUT2D eigenvalue weighted by Crippen LogP contribution is 2.29. The summed E-state index contributed by atoms with van der Waals surface area (Å²) in [6.07, 6.45) is 0. The molecule has 0 saturated heterocycles. The molecule has 3 N–H and O–H groups in total. The van der Waals surface area contributed by atoms with Crippen LogP contribution in [0.1, 0.15) is 27.5 Å². The van der Waals surface area contributed by atoms with E-state index in [1.165, 1.54) is 42.3 Å². The predicted molar refractivity (Wildman–Crippen MR) is 109 cm³/mol. The van der Waals surface area contributed by atoms with E-state index in [0.29, 0.717) is 11.3 Å². The first-order chi connectivity index (χ1) is 14.4. The van der Waals surface area contributed by atoms with Gasteiger partial charge in [0.05, 0.1) is 12.7 Å². The van der Waals surface area contributed by atoms with E-state index in [4.69, 9.17) is 10.5 Å². The molecule has 0 saturated carbocycles. The van der Waals surface area contributed by atoms with Crippen molar-refractivity contribution in [2.75, 3.05) is 7.11 Å². The summed E-state index contributed by atoms with van der Waals surface area (Å²) in [5, 5.41) is 10.2. The van der Waals surface area contributed by atoms with Gasteiger partial charge in [-0.3, -0.25) is 9.59 Å². The summed E-state index contributed by atoms with van der Waals surface area (Å²) < 4.78 is 19.1. The number of phenols is 1. The Balaban J connectivity index is 2.10. The molecule has 0 bridgehead atoms. The number of amides is 2. The van der Waals surface area contributed by atoms with E-state index in [9.17, 15) is 19.1 Å². The average molecular weight is 408 g/mol. The Morgan fingerprint density at radius 1 is 1.07 bits per heavy atom. The Morgan fingerprint density at radius 2 is 1.80 bits per heavy atom. The van der Waals surface area contributed by atoms with Crippen molar-refractivity contribution in [1.82, 2.24) is 4.90 Å². The Kier molecular flexibility index (Phi) is 6.32. The van der Waals surface area contributed by atoms with E-state index in [0.717, 1.165) is 6.07 Å². The van der Waals surface area contributed by atoms with Gasteiger partial charge < -0.3 is 20.5 Å². The largest absolute Gasteiger partial charge is 0.507 e. The molecule has 1 atom stereocenters. The molecular formula is C23H21FN2O4. The van der Waals surface area contributed by atoms with Crippen LogP contribution in [0.2, 0.25) is 0 Å². The maximum Gasteiger partial charge on any atom is 0.258 e. The summed E-state index contributed by atoms with van der Waals surface area (Å²) in [4.78, 5) is 27.0. The van der Waals surface area contributed by atoms with Crippen LogP contribution in [-0.2, 0) is 11.3 Å². The van der Waals surface area contributed by atoms with Crippen molar-refractivity contribution in [2.45, 2.75) is 12.6 Å². The van der Waals surface area contributed by atoms with Gasteiger partial charge in [0.15, 0.2) is 0 Å². The molecule has 0 aromatic heterocycles. The second-order valence-electron chi connectivity index (χ2n) is 6.66. The van der Waals surface area contributed by atoms with Crippen molar-refractivity contribution < 1.29 is 23.8 Å². The molecule has 0 spiro atoms. The second kappa shape index (κ2) is 9.09. The van der Waals surface area contributed by atoms with Crippen LogP contribution in [-0.4, -0.2) is 28.9 Å². The molecule has 3 rings (SSSR count). The lowest BCUT2D eigenvalue weighted by Gasteiger charge is -2.30. The fourth-order valence-corrected chi connectivity index (χ4v) is 3.23. The van der Waals surface area contributed by atoms with Gasteiger partial charge in [-0.25, -0.2) is 4.39 Å². The molecule has 0 radical (unpaired) electrons. The highest BCUT2D eigenvalue weighted by atomic mass is 19.1. The number of methoxy groups -OCH3 is 1. The lowest BCUT2D eigenvalue weighted by Crippen LogP contribution is -2.41. The normalized spacial score (nSPS) is 11.5. The van der Waals surface area contributed by atoms with Crippen molar-refractivity contribution >= 4 is 11.8 Å². The third-order valence-electron chi connectivity index (χ3n) is 4.63. The molecule has 3 aromatic rings. The molecule has 0 aliphatic heterocycles. The van der Waals surface area contributed by atoms with E-state index in [1.54, 1.807) is 36.4 Å². The maximum absolute atomic E-state index is 13.9. The number of carbonyl (C=O) groups excluding carboxylic acids is 2. The molecule has 0 aliphatic carbocycles. The molecule has 154 valence electrons. The number of hydrogen-bond acceptors (Lipinski definition) is 4. The summed E-state index contributed by atoms with van der Waals surface area (Å²) in [5.74, 6) is -1.67. The SMILES string of the molecule is COc1cccc(CN(C(=O)c2ccccc2O)C(C(N)=O)c2cccc(F)c2)c1. The van der Waals surface area contributed by atoms with E-state index in [-0.39, 0.29) is 23.4 Å². The van der Waals surface area contributed by atoms with Crippen LogP contribution < -0.4 is 10.5 Å². The van der Waals surface area contributed by atoms with E-state index in [2.05, 4.69) is 0 Å². The lowest BCUT2D eigenvalue weighted by atomic mass is 10.0. The first-order valence-corrected chi connectivity index (χ1v) is 9.17. The zero-order valence-corrected chi connectivity index (χ0v) is 16.3. The minimum atomic E-state index is -1.25. The highest BCUT2D eigenvalue weighted by Gasteiger charge is 2.32. The van der Waals surface area contributed by atoms with Crippen LogP contribution in [0.3, 0.4) is 0 Å². The molecule has 0 fully saturated rings. The summed E-state index contributed by atoms with van der Waals surface area (Å²) in [6, 6.07) is 17.1. The number of primary amides is 1. The number of rotatable bonds is 7. The van der Waals surface area contributed by atoms with Gasteiger partial charge in [-0.1, -0.05) is 36.4 Å². The van der Waals surface area contributed by atoms with Gasteiger partial charge in [0.2, 0.25) is 5.91 Å². The minimum Gasteiger partial charge on any atom is -0.507 e. The van der Waals surface area contributed by atoms with Crippen LogP contribution in [0.25, 0.3) is 0 Å². The summed E-state index contributed by atoms with van der Waals surface area (Å²) >= 11 is 0. The summed E-state index contributed by atoms with van der Waals surface area (Å²) in [7, 11) is 1.52. The molecule has 0 aliphatic rings. The summed E-state index contributed by atoms with van der Waals surface area (Å²) in [5.41, 5.74) is 6.54. The Morgan fingerprint density at radius 3 is 2.47 bits per heavy atom. The van der Waals surface area contributed by atoms with Crippen LogP contribution >= 0.6 is 0 Å². The minimum absolute atomic E-state index is 0.00282. The van der Waals surface area contributed by atoms with Crippen LogP contribution in [0.4, 0.5) is 4.39 Å². The number of phenolic OH excluding ortho intramolecular Hbond substituents is 1. The third-order valence-corrected chi connectivity index (χ3v) is 4.63. The van der Waals surface area contributed by atoms with Crippen molar-refractivity contribution in [1.29, 1.82) is 0 Å². The number of para-hydroxylation sites is 1. The van der Waals surface area contributed by atoms with Gasteiger partial charge in [-0.2, -0.15) is 0 Å². The average Bonchev–Trinajstić information content (AvgIpc) is 2.73. The number of benzene rings is 3. The molecular weight excluding hydrogens is 387 g/mol. The first-order valence-electron chi connectivity index (χ1n) is 9.17. The molecule has 6 nitrogen and oxygen atoms in total. The zero-order valence-electron chi connectivity index (χ0n) is 16.3. The van der Waals surface area contributed by atoms with Gasteiger partial charge in [-0.05, 0) is 47.5 Å². The fourth-order valence-electron chi connectivity index (χ4n) is 3.23. The van der Waals surface area contributed by atoms with Gasteiger partial charge in [-0.15, -0.1) is 0 Å². The van der Waals surface area contributed by atoms with Crippen molar-refractivity contribution in [3.63, 3.8) is 0 Å². The maximum atomic E-state index is 13.9. The Labute approximate surface area is 173 Å². The van der Waals surface area contributed by atoms with E-state index >= 15 is 0 Å². The molecule has 30 heavy (non-hydrogen) atoms. The fraction of sp³-hybridized carbons (Fsp3) is 0.130. The van der Waals surface area contributed by atoms with Gasteiger partial charge in [0, 0.05) is 6.54 Å². The van der Waals surface area contributed by atoms with E-state index in [1.807, 2.05) is 0 Å². The highest BCUT2D eigenvalue weighted by molar-refractivity contribution is 5.99. The molecule has 1 unspecified atom stereocenters. The number of nitrogens with two attached hydrogens (primary N) is 1. The molecule has 3 aromatic carbocycles. The number of carbonyl (C=O) groups is 2. The number of aromatic hydroxyl groups is 1. The van der Waals surface area contributed by atoms with Crippen LogP contribution in [0.15, 0.2) is 72.8 Å². The number of halogens is 1. The Bertz CT molecular complexity index is 1070. The number of hydrogen-bond donors (Lipinski definition) is 2. The first kappa shape index (κ1) is 20.9. The lowest BCUT2D eigenvalue weighted by molar-refractivity contribution is -0.122. The van der Waals surface area contributed by atoms with Crippen molar-refractivity contribution in [3.8, 4) is 11.5 Å². The predicted octanol–water partition coefficient (Wildman–Crippen LogP) is 3.41. The van der Waals surface area contributed by atoms with Gasteiger partial charge in [0.1, 0.15) is 23.4 Å². The molecule has 2 amide bonds. The number of ether oxygens (including phenoxy) is 1. The molecule has 0 heterocycles. The molecule has 7 heteroatoms. The quantitative estimate of drug-likeness (QED) is 0.627. The van der Waals surface area contributed by atoms with Crippen molar-refractivity contribution in [2.24, 2.45) is 5.73 Å². The number of nitrogens with zero attached hydrogens (tertiary/aromatic N) is 1. The van der Waals surface area contributed by atoms with Gasteiger partial charge in [0.25, 0.3) is 5.91 Å². The Hall–Kier alpha value is -3.87. The summed E-state index contributed by atoms with van der Waals surface area (Å²) in [6.45, 7) is -0.0194. The van der Waals surface area contributed by atoms with Gasteiger partial charge >= 0.3 is 0 Å². The topological polar surface area (TPSA) is 92.9 Å².